The highest BCUT2D eigenvalue weighted by molar-refractivity contribution is 5.52. The van der Waals surface area contributed by atoms with Gasteiger partial charge in [0.25, 0.3) is 0 Å². The summed E-state index contributed by atoms with van der Waals surface area (Å²) in [5.74, 6) is -0.496. The van der Waals surface area contributed by atoms with Gasteiger partial charge < -0.3 is 5.32 Å². The molecule has 0 fully saturated rings. The number of anilines is 1. The van der Waals surface area contributed by atoms with Crippen LogP contribution in [0.4, 0.5) is 14.5 Å². The van der Waals surface area contributed by atoms with Crippen LogP contribution < -0.4 is 5.32 Å². The Labute approximate surface area is 112 Å². The van der Waals surface area contributed by atoms with E-state index in [1.807, 2.05) is 13.0 Å². The van der Waals surface area contributed by atoms with Crippen LogP contribution in [0.25, 0.3) is 0 Å². The summed E-state index contributed by atoms with van der Waals surface area (Å²) in [5.41, 5.74) is 1.86. The fourth-order valence-corrected chi connectivity index (χ4v) is 2.11. The fraction of sp³-hybridized carbons (Fsp3) is 0.250. The van der Waals surface area contributed by atoms with E-state index in [1.165, 1.54) is 12.1 Å². The molecule has 2 rings (SSSR count). The summed E-state index contributed by atoms with van der Waals surface area (Å²) in [6, 6.07) is 11.4. The maximum Gasteiger partial charge on any atom is 0.128 e. The molecular weight excluding hydrogens is 244 g/mol. The summed E-state index contributed by atoms with van der Waals surface area (Å²) in [5, 5.41) is 3.21. The quantitative estimate of drug-likeness (QED) is 0.830. The zero-order valence-electron chi connectivity index (χ0n) is 11.1. The molecule has 100 valence electrons. The van der Waals surface area contributed by atoms with E-state index in [-0.39, 0.29) is 17.7 Å². The second kappa shape index (κ2) is 5.83. The van der Waals surface area contributed by atoms with Crippen molar-refractivity contribution >= 4 is 5.69 Å². The van der Waals surface area contributed by atoms with Gasteiger partial charge in [-0.15, -0.1) is 0 Å². The molecule has 19 heavy (non-hydrogen) atoms. The van der Waals surface area contributed by atoms with Crippen molar-refractivity contribution in [1.29, 1.82) is 0 Å². The smallest absolute Gasteiger partial charge is 0.128 e. The van der Waals surface area contributed by atoms with Gasteiger partial charge in [-0.05, 0) is 31.5 Å². The molecule has 0 saturated carbocycles. The molecule has 2 aromatic rings. The molecule has 1 atom stereocenters. The van der Waals surface area contributed by atoms with E-state index in [9.17, 15) is 8.78 Å². The van der Waals surface area contributed by atoms with Crippen LogP contribution in [0.3, 0.4) is 0 Å². The van der Waals surface area contributed by atoms with Crippen LogP contribution in [0.15, 0.2) is 42.5 Å². The molecule has 3 heteroatoms. The Morgan fingerprint density at radius 1 is 1.00 bits per heavy atom. The van der Waals surface area contributed by atoms with Gasteiger partial charge in [0.1, 0.15) is 11.6 Å². The highest BCUT2D eigenvalue weighted by Crippen LogP contribution is 2.27. The lowest BCUT2D eigenvalue weighted by molar-refractivity contribution is 0.586. The minimum atomic E-state index is -0.256. The van der Waals surface area contributed by atoms with Gasteiger partial charge in [-0.1, -0.05) is 31.2 Å². The van der Waals surface area contributed by atoms with Gasteiger partial charge in [0, 0.05) is 16.8 Å². The highest BCUT2D eigenvalue weighted by Gasteiger charge is 2.14. The minimum Gasteiger partial charge on any atom is -0.378 e. The molecule has 0 heterocycles. The Morgan fingerprint density at radius 3 is 2.37 bits per heavy atom. The lowest BCUT2D eigenvalue weighted by atomic mass is 10.0. The van der Waals surface area contributed by atoms with Crippen LogP contribution in [-0.2, 0) is 0 Å². The topological polar surface area (TPSA) is 12.0 Å². The first-order chi connectivity index (χ1) is 9.13. The number of hydrogen-bond acceptors (Lipinski definition) is 1. The molecule has 0 amide bonds. The van der Waals surface area contributed by atoms with E-state index < -0.39 is 0 Å². The maximum atomic E-state index is 13.8. The summed E-state index contributed by atoms with van der Waals surface area (Å²) < 4.78 is 27.3. The van der Waals surface area contributed by atoms with E-state index in [0.29, 0.717) is 16.8 Å². The second-order valence-electron chi connectivity index (χ2n) is 4.54. The molecule has 0 spiro atoms. The van der Waals surface area contributed by atoms with Gasteiger partial charge in [0.15, 0.2) is 0 Å². The SMILES string of the molecule is CCC(Nc1cccc(F)c1C)c1ccccc1F. The summed E-state index contributed by atoms with van der Waals surface area (Å²) in [4.78, 5) is 0. The second-order valence-corrected chi connectivity index (χ2v) is 4.54. The maximum absolute atomic E-state index is 13.8. The van der Waals surface area contributed by atoms with Gasteiger partial charge in [0.2, 0.25) is 0 Å². The number of benzene rings is 2. The predicted octanol–water partition coefficient (Wildman–Crippen LogP) is 4.84. The van der Waals surface area contributed by atoms with Crippen molar-refractivity contribution in [2.24, 2.45) is 0 Å². The van der Waals surface area contributed by atoms with Crippen LogP contribution in [0, 0.1) is 18.6 Å². The Hall–Kier alpha value is -1.90. The van der Waals surface area contributed by atoms with Gasteiger partial charge in [0.05, 0.1) is 6.04 Å². The van der Waals surface area contributed by atoms with E-state index in [0.717, 1.165) is 6.42 Å². The van der Waals surface area contributed by atoms with Crippen molar-refractivity contribution in [1.82, 2.24) is 0 Å². The minimum absolute atomic E-state index is 0.165. The van der Waals surface area contributed by atoms with Crippen LogP contribution in [0.1, 0.15) is 30.5 Å². The van der Waals surface area contributed by atoms with Crippen molar-refractivity contribution in [2.75, 3.05) is 5.32 Å². The zero-order chi connectivity index (χ0) is 13.8. The largest absolute Gasteiger partial charge is 0.378 e. The summed E-state index contributed by atoms with van der Waals surface area (Å²) in [7, 11) is 0. The Morgan fingerprint density at radius 2 is 1.68 bits per heavy atom. The molecule has 2 aromatic carbocycles. The van der Waals surface area contributed by atoms with Gasteiger partial charge in [-0.2, -0.15) is 0 Å². The summed E-state index contributed by atoms with van der Waals surface area (Å²) in [6.07, 6.45) is 0.719. The van der Waals surface area contributed by atoms with Crippen molar-refractivity contribution < 1.29 is 8.78 Å². The Kier molecular flexibility index (Phi) is 4.15. The number of nitrogens with one attached hydrogen (secondary N) is 1. The van der Waals surface area contributed by atoms with Crippen LogP contribution in [0.5, 0.6) is 0 Å². The zero-order valence-corrected chi connectivity index (χ0v) is 11.1. The van der Waals surface area contributed by atoms with Crippen molar-refractivity contribution in [3.63, 3.8) is 0 Å². The van der Waals surface area contributed by atoms with E-state index in [4.69, 9.17) is 0 Å². The normalized spacial score (nSPS) is 12.2. The van der Waals surface area contributed by atoms with Gasteiger partial charge >= 0.3 is 0 Å². The molecule has 1 N–H and O–H groups in total. The molecule has 0 aliphatic carbocycles. The Bertz CT molecular complexity index is 566. The van der Waals surface area contributed by atoms with Crippen molar-refractivity contribution in [2.45, 2.75) is 26.3 Å². The first-order valence-electron chi connectivity index (χ1n) is 6.39. The third-order valence-corrected chi connectivity index (χ3v) is 3.29. The number of hydrogen-bond donors (Lipinski definition) is 1. The first kappa shape index (κ1) is 13.5. The molecule has 0 aromatic heterocycles. The predicted molar refractivity (Wildman–Crippen MR) is 74.2 cm³/mol. The lowest BCUT2D eigenvalue weighted by Crippen LogP contribution is -2.12. The molecule has 0 radical (unpaired) electrons. The van der Waals surface area contributed by atoms with Crippen LogP contribution >= 0.6 is 0 Å². The van der Waals surface area contributed by atoms with Gasteiger partial charge in [-0.25, -0.2) is 8.78 Å². The molecule has 0 aliphatic heterocycles. The third-order valence-electron chi connectivity index (χ3n) is 3.29. The Balaban J connectivity index is 2.30. The molecule has 1 nitrogen and oxygen atoms in total. The number of rotatable bonds is 4. The van der Waals surface area contributed by atoms with E-state index >= 15 is 0 Å². The van der Waals surface area contributed by atoms with E-state index in [1.54, 1.807) is 31.2 Å². The number of halogens is 2. The van der Waals surface area contributed by atoms with Crippen molar-refractivity contribution in [3.05, 3.63) is 65.2 Å². The fourth-order valence-electron chi connectivity index (χ4n) is 2.11. The van der Waals surface area contributed by atoms with Crippen molar-refractivity contribution in [3.8, 4) is 0 Å². The van der Waals surface area contributed by atoms with E-state index in [2.05, 4.69) is 5.32 Å². The highest BCUT2D eigenvalue weighted by atomic mass is 19.1. The van der Waals surface area contributed by atoms with Crippen LogP contribution in [-0.4, -0.2) is 0 Å². The molecular formula is C16H17F2N. The molecule has 1 unspecified atom stereocenters. The lowest BCUT2D eigenvalue weighted by Gasteiger charge is -2.20. The third kappa shape index (κ3) is 2.92. The van der Waals surface area contributed by atoms with Gasteiger partial charge in [-0.3, -0.25) is 0 Å². The molecule has 0 saturated heterocycles. The average Bonchev–Trinajstić information content (AvgIpc) is 2.41. The standard InChI is InChI=1S/C16H17F2N/c1-3-15(12-7-4-5-8-14(12)18)19-16-10-6-9-13(17)11(16)2/h4-10,15,19H,3H2,1-2H3. The molecule has 0 aliphatic rings. The monoisotopic (exact) mass is 261 g/mol. The summed E-state index contributed by atoms with van der Waals surface area (Å²) in [6.45, 7) is 3.68. The van der Waals surface area contributed by atoms with Crippen LogP contribution in [0.2, 0.25) is 0 Å². The summed E-state index contributed by atoms with van der Waals surface area (Å²) >= 11 is 0. The molecule has 0 bridgehead atoms. The average molecular weight is 261 g/mol. The first-order valence-corrected chi connectivity index (χ1v) is 6.39.